The number of hydrogen-bond acceptors (Lipinski definition) is 2. The van der Waals surface area contributed by atoms with Crippen molar-refractivity contribution < 1.29 is 4.79 Å². The first-order valence-corrected chi connectivity index (χ1v) is 8.51. The van der Waals surface area contributed by atoms with Gasteiger partial charge in [-0.2, -0.15) is 0 Å². The number of rotatable bonds is 4. The van der Waals surface area contributed by atoms with Gasteiger partial charge in [0.25, 0.3) is 0 Å². The lowest BCUT2D eigenvalue weighted by atomic mass is 9.98. The summed E-state index contributed by atoms with van der Waals surface area (Å²) >= 11 is 12.1. The van der Waals surface area contributed by atoms with Crippen LogP contribution in [0.3, 0.4) is 0 Å². The Labute approximate surface area is 137 Å². The number of nitrogens with zero attached hydrogens (tertiary/aromatic N) is 1. The van der Waals surface area contributed by atoms with Gasteiger partial charge >= 0.3 is 0 Å². The Hall–Kier alpha value is -0.570. The molecule has 0 spiro atoms. The molecular formula is C17H23Cl2NO. The van der Waals surface area contributed by atoms with Crippen molar-refractivity contribution in [3.8, 4) is 0 Å². The topological polar surface area (TPSA) is 20.3 Å². The van der Waals surface area contributed by atoms with Crippen LogP contribution >= 0.6 is 23.2 Å². The summed E-state index contributed by atoms with van der Waals surface area (Å²) in [4.78, 5) is 15.0. The SMILES string of the molecule is CCC1CCCN(C(C)C(=O)c2ccc(Cl)cc2Cl)CC1. The number of Topliss-reactive ketones (excluding diaryl/α,β-unsaturated/α-hetero) is 1. The van der Waals surface area contributed by atoms with E-state index in [1.807, 2.05) is 6.92 Å². The highest BCUT2D eigenvalue weighted by atomic mass is 35.5. The lowest BCUT2D eigenvalue weighted by Crippen LogP contribution is -2.39. The van der Waals surface area contributed by atoms with Crippen LogP contribution in [0.25, 0.3) is 0 Å². The van der Waals surface area contributed by atoms with Crippen molar-refractivity contribution in [3.63, 3.8) is 0 Å². The molecule has 0 bridgehead atoms. The molecule has 1 fully saturated rings. The monoisotopic (exact) mass is 327 g/mol. The lowest BCUT2D eigenvalue weighted by Gasteiger charge is -2.27. The van der Waals surface area contributed by atoms with Crippen LogP contribution in [0.15, 0.2) is 18.2 Å². The maximum Gasteiger partial charge on any atom is 0.181 e. The van der Waals surface area contributed by atoms with Crippen molar-refractivity contribution in [3.05, 3.63) is 33.8 Å². The predicted molar refractivity (Wildman–Crippen MR) is 89.5 cm³/mol. The molecule has 0 N–H and O–H groups in total. The molecule has 1 aliphatic rings. The summed E-state index contributed by atoms with van der Waals surface area (Å²) in [6.07, 6.45) is 4.86. The van der Waals surface area contributed by atoms with Crippen molar-refractivity contribution in [1.29, 1.82) is 0 Å². The average Bonchev–Trinajstić information content (AvgIpc) is 2.71. The van der Waals surface area contributed by atoms with Gasteiger partial charge in [0.05, 0.1) is 11.1 Å². The number of hydrogen-bond donors (Lipinski definition) is 0. The summed E-state index contributed by atoms with van der Waals surface area (Å²) in [5.41, 5.74) is 0.574. The molecular weight excluding hydrogens is 305 g/mol. The third-order valence-corrected chi connectivity index (χ3v) is 5.13. The third-order valence-electron chi connectivity index (χ3n) is 4.58. The summed E-state index contributed by atoms with van der Waals surface area (Å²) in [5.74, 6) is 0.892. The first-order valence-electron chi connectivity index (χ1n) is 7.76. The molecule has 2 unspecified atom stereocenters. The number of ketones is 1. The Balaban J connectivity index is 2.08. The molecule has 1 saturated heterocycles. The van der Waals surface area contributed by atoms with Gasteiger partial charge in [-0.25, -0.2) is 0 Å². The van der Waals surface area contributed by atoms with Crippen LogP contribution in [0.1, 0.15) is 49.9 Å². The normalized spacial score (nSPS) is 21.8. The maximum atomic E-state index is 12.7. The molecule has 2 rings (SSSR count). The van der Waals surface area contributed by atoms with Gasteiger partial charge in [-0.15, -0.1) is 0 Å². The molecule has 4 heteroatoms. The standard InChI is InChI=1S/C17H23Cl2NO/c1-3-13-5-4-9-20(10-8-13)12(2)17(21)15-7-6-14(18)11-16(15)19/h6-7,11-13H,3-5,8-10H2,1-2H3. The van der Waals surface area contributed by atoms with Gasteiger partial charge in [0, 0.05) is 10.6 Å². The van der Waals surface area contributed by atoms with Gasteiger partial charge in [0.2, 0.25) is 0 Å². The van der Waals surface area contributed by atoms with Crippen LogP contribution in [0.2, 0.25) is 10.0 Å². The van der Waals surface area contributed by atoms with E-state index in [4.69, 9.17) is 23.2 Å². The van der Waals surface area contributed by atoms with Gasteiger partial charge in [0.1, 0.15) is 0 Å². The maximum absolute atomic E-state index is 12.7. The van der Waals surface area contributed by atoms with E-state index in [9.17, 15) is 4.79 Å². The number of likely N-dealkylation sites (tertiary alicyclic amines) is 1. The van der Waals surface area contributed by atoms with Gasteiger partial charge in [-0.3, -0.25) is 9.69 Å². The molecule has 1 aromatic carbocycles. The third kappa shape index (κ3) is 4.21. The second-order valence-corrected chi connectivity index (χ2v) is 6.75. The van der Waals surface area contributed by atoms with Crippen LogP contribution in [0, 0.1) is 5.92 Å². The first kappa shape index (κ1) is 16.8. The second-order valence-electron chi connectivity index (χ2n) is 5.91. The number of halogens is 2. The van der Waals surface area contributed by atoms with Gasteiger partial charge in [-0.1, -0.05) is 36.5 Å². The van der Waals surface area contributed by atoms with E-state index in [0.717, 1.165) is 19.0 Å². The first-order chi connectivity index (χ1) is 10.0. The van der Waals surface area contributed by atoms with Gasteiger partial charge in [-0.05, 0) is 63.4 Å². The van der Waals surface area contributed by atoms with Crippen molar-refractivity contribution in [2.24, 2.45) is 5.92 Å². The summed E-state index contributed by atoms with van der Waals surface area (Å²) in [6, 6.07) is 4.97. The van der Waals surface area contributed by atoms with Crippen molar-refractivity contribution in [2.75, 3.05) is 13.1 Å². The smallest absolute Gasteiger partial charge is 0.181 e. The summed E-state index contributed by atoms with van der Waals surface area (Å²) in [7, 11) is 0. The van der Waals surface area contributed by atoms with Crippen molar-refractivity contribution in [2.45, 2.75) is 45.6 Å². The fraction of sp³-hybridized carbons (Fsp3) is 0.588. The fourth-order valence-corrected chi connectivity index (χ4v) is 3.56. The van der Waals surface area contributed by atoms with Crippen LogP contribution in [0.4, 0.5) is 0 Å². The molecule has 2 nitrogen and oxygen atoms in total. The van der Waals surface area contributed by atoms with E-state index in [0.29, 0.717) is 15.6 Å². The Kier molecular flexibility index (Phi) is 6.09. The minimum absolute atomic E-state index is 0.0895. The van der Waals surface area contributed by atoms with E-state index in [1.165, 1.54) is 25.7 Å². The van der Waals surface area contributed by atoms with Crippen molar-refractivity contribution >= 4 is 29.0 Å². The largest absolute Gasteiger partial charge is 0.293 e. The van der Waals surface area contributed by atoms with Crippen LogP contribution in [0.5, 0.6) is 0 Å². The highest BCUT2D eigenvalue weighted by Gasteiger charge is 2.26. The van der Waals surface area contributed by atoms with Crippen molar-refractivity contribution in [1.82, 2.24) is 4.90 Å². The van der Waals surface area contributed by atoms with Crippen LogP contribution < -0.4 is 0 Å². The average molecular weight is 328 g/mol. The Bertz CT molecular complexity index is 504. The Morgan fingerprint density at radius 2 is 2.10 bits per heavy atom. The summed E-state index contributed by atoms with van der Waals surface area (Å²) in [6.45, 7) is 6.23. The molecule has 0 aliphatic carbocycles. The zero-order valence-corrected chi connectivity index (χ0v) is 14.3. The predicted octanol–water partition coefficient (Wildman–Crippen LogP) is 5.08. The van der Waals surface area contributed by atoms with Gasteiger partial charge in [0.15, 0.2) is 5.78 Å². The summed E-state index contributed by atoms with van der Waals surface area (Å²) < 4.78 is 0. The van der Waals surface area contributed by atoms with E-state index in [2.05, 4.69) is 11.8 Å². The zero-order valence-electron chi connectivity index (χ0n) is 12.7. The highest BCUT2D eigenvalue weighted by Crippen LogP contribution is 2.25. The summed E-state index contributed by atoms with van der Waals surface area (Å²) in [5, 5.41) is 1.00. The number of carbonyl (C=O) groups is 1. The Morgan fingerprint density at radius 3 is 2.76 bits per heavy atom. The van der Waals surface area contributed by atoms with Gasteiger partial charge < -0.3 is 0 Å². The second kappa shape index (κ2) is 7.62. The van der Waals surface area contributed by atoms with E-state index in [1.54, 1.807) is 18.2 Å². The zero-order chi connectivity index (χ0) is 15.4. The lowest BCUT2D eigenvalue weighted by molar-refractivity contribution is 0.0841. The minimum atomic E-state index is -0.126. The van der Waals surface area contributed by atoms with Crippen LogP contribution in [-0.4, -0.2) is 29.8 Å². The molecule has 1 heterocycles. The molecule has 0 amide bonds. The highest BCUT2D eigenvalue weighted by molar-refractivity contribution is 6.37. The molecule has 0 aromatic heterocycles. The molecule has 0 radical (unpaired) electrons. The molecule has 21 heavy (non-hydrogen) atoms. The molecule has 2 atom stereocenters. The number of carbonyl (C=O) groups excluding carboxylic acids is 1. The fourth-order valence-electron chi connectivity index (χ4n) is 3.06. The van der Waals surface area contributed by atoms with E-state index >= 15 is 0 Å². The minimum Gasteiger partial charge on any atom is -0.293 e. The molecule has 0 saturated carbocycles. The molecule has 1 aliphatic heterocycles. The molecule has 1 aromatic rings. The Morgan fingerprint density at radius 1 is 1.33 bits per heavy atom. The molecule has 116 valence electrons. The van der Waals surface area contributed by atoms with Crippen LogP contribution in [-0.2, 0) is 0 Å². The van der Waals surface area contributed by atoms with E-state index in [-0.39, 0.29) is 11.8 Å². The van der Waals surface area contributed by atoms with E-state index < -0.39 is 0 Å². The quantitative estimate of drug-likeness (QED) is 0.719. The number of benzene rings is 1.